The van der Waals surface area contributed by atoms with Gasteiger partial charge in [-0.05, 0) is 68.9 Å². The molecule has 1 atom stereocenters. The molecule has 0 fully saturated rings. The van der Waals surface area contributed by atoms with Crippen LogP contribution in [0.3, 0.4) is 0 Å². The Morgan fingerprint density at radius 2 is 2.03 bits per heavy atom. The van der Waals surface area contributed by atoms with Gasteiger partial charge in [0.05, 0.1) is 17.9 Å². The Balaban J connectivity index is 1.41. The summed E-state index contributed by atoms with van der Waals surface area (Å²) in [6.07, 6.45) is 2.73. The summed E-state index contributed by atoms with van der Waals surface area (Å²) < 4.78 is 25.9. The first-order valence-corrected chi connectivity index (χ1v) is 13.7. The molecule has 2 aromatic heterocycles. The van der Waals surface area contributed by atoms with Gasteiger partial charge in [0.2, 0.25) is 5.91 Å². The molecule has 0 radical (unpaired) electrons. The molecule has 0 saturated heterocycles. The Hall–Kier alpha value is -2.92. The molecule has 2 heterocycles. The first-order chi connectivity index (χ1) is 17.4. The van der Waals surface area contributed by atoms with Crippen molar-refractivity contribution in [3.8, 4) is 5.75 Å². The third-order valence-corrected chi connectivity index (χ3v) is 8.00. The van der Waals surface area contributed by atoms with Gasteiger partial charge in [-0.3, -0.25) is 4.79 Å². The lowest BCUT2D eigenvalue weighted by molar-refractivity contribution is -0.113. The van der Waals surface area contributed by atoms with Crippen molar-refractivity contribution in [1.82, 2.24) is 14.8 Å². The van der Waals surface area contributed by atoms with Crippen LogP contribution in [-0.4, -0.2) is 39.0 Å². The molecule has 36 heavy (non-hydrogen) atoms. The van der Waals surface area contributed by atoms with Gasteiger partial charge in [0, 0.05) is 11.4 Å². The van der Waals surface area contributed by atoms with Crippen molar-refractivity contribution >= 4 is 40.0 Å². The number of hydrogen-bond acceptors (Lipinski definition) is 8. The molecule has 0 bridgehead atoms. The van der Waals surface area contributed by atoms with Crippen LogP contribution in [0.15, 0.2) is 29.4 Å². The number of nitrogens with zero attached hydrogens (tertiary/aromatic N) is 3. The fourth-order valence-corrected chi connectivity index (χ4v) is 6.32. The number of ether oxygens (including phenoxy) is 2. The minimum Gasteiger partial charge on any atom is -0.486 e. The number of benzene rings is 1. The Morgan fingerprint density at radius 3 is 2.75 bits per heavy atom. The molecule has 3 aromatic rings. The first-order valence-electron chi connectivity index (χ1n) is 11.9. The summed E-state index contributed by atoms with van der Waals surface area (Å²) in [5.74, 6) is 0.846. The lowest BCUT2D eigenvalue weighted by Crippen LogP contribution is -2.18. The van der Waals surface area contributed by atoms with E-state index >= 15 is 0 Å². The third kappa shape index (κ3) is 6.07. The number of halogens is 1. The van der Waals surface area contributed by atoms with Gasteiger partial charge in [-0.2, -0.15) is 0 Å². The predicted octanol–water partition coefficient (Wildman–Crippen LogP) is 5.11. The van der Waals surface area contributed by atoms with Crippen LogP contribution in [0.5, 0.6) is 5.75 Å². The minimum atomic E-state index is -0.385. The van der Waals surface area contributed by atoms with E-state index in [-0.39, 0.29) is 36.7 Å². The van der Waals surface area contributed by atoms with Gasteiger partial charge in [0.15, 0.2) is 11.0 Å². The molecule has 4 rings (SSSR count). The van der Waals surface area contributed by atoms with E-state index in [1.807, 2.05) is 11.5 Å². The molecule has 192 valence electrons. The number of rotatable bonds is 10. The van der Waals surface area contributed by atoms with Crippen molar-refractivity contribution in [3.05, 3.63) is 51.9 Å². The van der Waals surface area contributed by atoms with Crippen LogP contribution in [0.25, 0.3) is 0 Å². The van der Waals surface area contributed by atoms with Gasteiger partial charge in [-0.1, -0.05) is 18.7 Å². The zero-order chi connectivity index (χ0) is 25.7. The second-order valence-corrected chi connectivity index (χ2v) is 10.5. The molecule has 8 nitrogen and oxygen atoms in total. The van der Waals surface area contributed by atoms with E-state index in [0.717, 1.165) is 29.7 Å². The van der Waals surface area contributed by atoms with Gasteiger partial charge < -0.3 is 19.4 Å². The summed E-state index contributed by atoms with van der Waals surface area (Å²) in [6, 6.07) is 5.76. The zero-order valence-electron chi connectivity index (χ0n) is 20.5. The molecule has 11 heteroatoms. The van der Waals surface area contributed by atoms with Crippen molar-refractivity contribution in [2.45, 2.75) is 58.3 Å². The minimum absolute atomic E-state index is 0.109. The lowest BCUT2D eigenvalue weighted by atomic mass is 9.88. The molecule has 1 amide bonds. The van der Waals surface area contributed by atoms with Crippen LogP contribution in [0, 0.1) is 11.7 Å². The van der Waals surface area contributed by atoms with E-state index in [0.29, 0.717) is 39.8 Å². The Bertz CT molecular complexity index is 1230. The molecule has 1 aromatic carbocycles. The van der Waals surface area contributed by atoms with Crippen molar-refractivity contribution in [2.75, 3.05) is 17.7 Å². The van der Waals surface area contributed by atoms with E-state index in [2.05, 4.69) is 22.4 Å². The van der Waals surface area contributed by atoms with Gasteiger partial charge in [-0.25, -0.2) is 9.18 Å². The number of amides is 1. The zero-order valence-corrected chi connectivity index (χ0v) is 22.1. The molecule has 1 unspecified atom stereocenters. The second kappa shape index (κ2) is 11.9. The van der Waals surface area contributed by atoms with E-state index < -0.39 is 0 Å². The summed E-state index contributed by atoms with van der Waals surface area (Å²) in [4.78, 5) is 26.7. The van der Waals surface area contributed by atoms with Crippen molar-refractivity contribution < 1.29 is 23.5 Å². The molecule has 0 saturated carbocycles. The molecular weight excluding hydrogens is 503 g/mol. The molecular formula is C25H29FN4O4S2. The van der Waals surface area contributed by atoms with E-state index in [1.165, 1.54) is 35.2 Å². The van der Waals surface area contributed by atoms with Gasteiger partial charge >= 0.3 is 5.97 Å². The fourth-order valence-electron chi connectivity index (χ4n) is 4.08. The number of carbonyl (C=O) groups excluding carboxylic acids is 2. The smallest absolute Gasteiger partial charge is 0.341 e. The van der Waals surface area contributed by atoms with Crippen LogP contribution in [-0.2, 0) is 35.5 Å². The quantitative estimate of drug-likeness (QED) is 0.286. The Labute approximate surface area is 217 Å². The summed E-state index contributed by atoms with van der Waals surface area (Å²) in [5, 5.41) is 12.5. The highest BCUT2D eigenvalue weighted by Crippen LogP contribution is 2.40. The Morgan fingerprint density at radius 1 is 1.25 bits per heavy atom. The number of fused-ring (bicyclic) bond motifs is 1. The number of aromatic nitrogens is 3. The third-order valence-electron chi connectivity index (χ3n) is 5.87. The summed E-state index contributed by atoms with van der Waals surface area (Å²) >= 11 is 2.74. The normalized spacial score (nSPS) is 14.8. The van der Waals surface area contributed by atoms with Gasteiger partial charge in [0.25, 0.3) is 0 Å². The van der Waals surface area contributed by atoms with Crippen molar-refractivity contribution in [1.29, 1.82) is 0 Å². The second-order valence-electron chi connectivity index (χ2n) is 8.50. The van der Waals surface area contributed by atoms with Gasteiger partial charge in [0.1, 0.15) is 23.2 Å². The van der Waals surface area contributed by atoms with Gasteiger partial charge in [-0.15, -0.1) is 21.5 Å². The van der Waals surface area contributed by atoms with E-state index in [9.17, 15) is 14.0 Å². The molecule has 0 aliphatic heterocycles. The maximum atomic E-state index is 13.1. The topological polar surface area (TPSA) is 95.3 Å². The van der Waals surface area contributed by atoms with Crippen LogP contribution in [0.4, 0.5) is 9.39 Å². The largest absolute Gasteiger partial charge is 0.486 e. The summed E-state index contributed by atoms with van der Waals surface area (Å²) in [5.41, 5.74) is 1.51. The number of carbonyl (C=O) groups is 2. The number of thiophene rings is 1. The summed E-state index contributed by atoms with van der Waals surface area (Å²) in [7, 11) is 0. The number of esters is 1. The number of thioether (sulfide) groups is 1. The average Bonchev–Trinajstić information content (AvgIpc) is 3.42. The lowest BCUT2D eigenvalue weighted by Gasteiger charge is -2.18. The van der Waals surface area contributed by atoms with E-state index in [4.69, 9.17) is 9.47 Å². The van der Waals surface area contributed by atoms with Crippen LogP contribution in [0.1, 0.15) is 53.8 Å². The highest BCUT2D eigenvalue weighted by Gasteiger charge is 2.29. The number of anilines is 1. The van der Waals surface area contributed by atoms with Crippen molar-refractivity contribution in [3.63, 3.8) is 0 Å². The number of hydrogen-bond donors (Lipinski definition) is 1. The SMILES string of the molecule is CCOC(=O)c1c(NC(=O)CSc2nnc(COc3ccc(F)cc3)n2CC)sc2c1CCC(C)C2. The number of nitrogens with one attached hydrogen (secondary N) is 1. The standard InChI is InChI=1S/C25H29FN4O4S2/c1-4-30-20(13-34-17-9-7-16(26)8-10-17)28-29-25(30)35-14-21(31)27-23-22(24(32)33-5-2)18-11-6-15(3)12-19(18)36-23/h7-10,15H,4-6,11-14H2,1-3H3,(H,27,31). The van der Waals surface area contributed by atoms with Crippen LogP contribution in [0.2, 0.25) is 0 Å². The molecule has 0 spiro atoms. The van der Waals surface area contributed by atoms with Crippen molar-refractivity contribution in [2.24, 2.45) is 5.92 Å². The average molecular weight is 533 g/mol. The van der Waals surface area contributed by atoms with E-state index in [1.54, 1.807) is 19.1 Å². The monoisotopic (exact) mass is 532 g/mol. The fraction of sp³-hybridized carbons (Fsp3) is 0.440. The van der Waals surface area contributed by atoms with Crippen LogP contribution < -0.4 is 10.1 Å². The maximum absolute atomic E-state index is 13.1. The predicted molar refractivity (Wildman–Crippen MR) is 137 cm³/mol. The molecule has 1 N–H and O–H groups in total. The first kappa shape index (κ1) is 26.2. The molecule has 1 aliphatic rings. The van der Waals surface area contributed by atoms with Crippen LogP contribution >= 0.6 is 23.1 Å². The summed E-state index contributed by atoms with van der Waals surface area (Å²) in [6.45, 7) is 6.98. The highest BCUT2D eigenvalue weighted by molar-refractivity contribution is 7.99. The molecule has 1 aliphatic carbocycles. The highest BCUT2D eigenvalue weighted by atomic mass is 32.2. The Kier molecular flexibility index (Phi) is 8.63. The maximum Gasteiger partial charge on any atom is 0.341 e.